The van der Waals surface area contributed by atoms with Gasteiger partial charge in [0.2, 0.25) is 5.82 Å². The van der Waals surface area contributed by atoms with Crippen LogP contribution in [0.25, 0.3) is 22.2 Å². The molecule has 0 bridgehead atoms. The second kappa shape index (κ2) is 8.28. The number of nitrogens with zero attached hydrogens (tertiary/aromatic N) is 2. The normalized spacial score (nSPS) is 10.7. The summed E-state index contributed by atoms with van der Waals surface area (Å²) in [4.78, 5) is 18.3. The first-order valence-electron chi connectivity index (χ1n) is 9.04. The fourth-order valence-electron chi connectivity index (χ4n) is 2.77. The lowest BCUT2D eigenvalue weighted by atomic mass is 10.1. The molecule has 0 radical (unpaired) electrons. The Morgan fingerprint density at radius 1 is 1.14 bits per heavy atom. The smallest absolute Gasteiger partial charge is 0.261 e. The molecule has 0 saturated heterocycles. The lowest BCUT2D eigenvalue weighted by Crippen LogP contribution is -2.21. The van der Waals surface area contributed by atoms with Crippen molar-refractivity contribution in [1.82, 2.24) is 15.5 Å². The molecular weight excluding hydrogens is 386 g/mol. The highest BCUT2D eigenvalue weighted by Crippen LogP contribution is 2.28. The van der Waals surface area contributed by atoms with Crippen molar-refractivity contribution in [1.29, 1.82) is 0 Å². The summed E-state index contributed by atoms with van der Waals surface area (Å²) in [7, 11) is 1.62. The van der Waals surface area contributed by atoms with Crippen molar-refractivity contribution >= 4 is 17.2 Å². The zero-order valence-electron chi connectivity index (χ0n) is 16.0. The summed E-state index contributed by atoms with van der Waals surface area (Å²) in [6, 6.07) is 19.1. The highest BCUT2D eigenvalue weighted by atomic mass is 32.1. The van der Waals surface area contributed by atoms with Gasteiger partial charge in [0, 0.05) is 12.1 Å². The van der Waals surface area contributed by atoms with E-state index in [9.17, 15) is 4.79 Å². The number of ether oxygens (including phenoxy) is 1. The number of carbonyl (C=O) groups is 1. The topological polar surface area (TPSA) is 77.2 Å². The van der Waals surface area contributed by atoms with Crippen molar-refractivity contribution in [3.8, 4) is 27.9 Å². The van der Waals surface area contributed by atoms with Crippen LogP contribution in [0.15, 0.2) is 65.2 Å². The molecule has 0 fully saturated rings. The molecule has 146 valence electrons. The van der Waals surface area contributed by atoms with Crippen molar-refractivity contribution in [2.75, 3.05) is 7.11 Å². The Bertz CT molecular complexity index is 1130. The molecule has 29 heavy (non-hydrogen) atoms. The highest BCUT2D eigenvalue weighted by Gasteiger charge is 2.15. The van der Waals surface area contributed by atoms with Crippen LogP contribution in [-0.4, -0.2) is 23.2 Å². The predicted molar refractivity (Wildman–Crippen MR) is 112 cm³/mol. The number of hydrogen-bond acceptors (Lipinski definition) is 6. The number of hydrogen-bond donors (Lipinski definition) is 1. The average molecular weight is 405 g/mol. The standard InChI is InChI=1S/C22H19N3O3S/c1-14-6-8-16(9-7-14)22-24-20(25-28-22)18-10-11-19(29-18)21(26)23-13-15-4-3-5-17(12-15)27-2/h3-12H,13H2,1-2H3,(H,23,26). The van der Waals surface area contributed by atoms with Gasteiger partial charge in [0.15, 0.2) is 0 Å². The van der Waals surface area contributed by atoms with Crippen LogP contribution in [0.1, 0.15) is 20.8 Å². The lowest BCUT2D eigenvalue weighted by molar-refractivity contribution is 0.0955. The van der Waals surface area contributed by atoms with E-state index in [4.69, 9.17) is 9.26 Å². The molecule has 0 atom stereocenters. The van der Waals surface area contributed by atoms with E-state index in [2.05, 4.69) is 15.5 Å². The number of aryl methyl sites for hydroxylation is 1. The first-order valence-corrected chi connectivity index (χ1v) is 9.86. The van der Waals surface area contributed by atoms with Gasteiger partial charge >= 0.3 is 0 Å². The van der Waals surface area contributed by atoms with E-state index in [0.29, 0.717) is 23.1 Å². The second-order valence-electron chi connectivity index (χ2n) is 6.49. The molecule has 1 N–H and O–H groups in total. The van der Waals surface area contributed by atoms with Crippen LogP contribution in [0.3, 0.4) is 0 Å². The van der Waals surface area contributed by atoms with Crippen LogP contribution in [0.2, 0.25) is 0 Å². The molecule has 7 heteroatoms. The van der Waals surface area contributed by atoms with E-state index in [-0.39, 0.29) is 5.91 Å². The molecule has 2 aromatic carbocycles. The van der Waals surface area contributed by atoms with Crippen molar-refractivity contribution in [2.45, 2.75) is 13.5 Å². The number of carbonyl (C=O) groups excluding carboxylic acids is 1. The van der Waals surface area contributed by atoms with Crippen molar-refractivity contribution in [2.24, 2.45) is 0 Å². The van der Waals surface area contributed by atoms with Gasteiger partial charge in [-0.25, -0.2) is 0 Å². The van der Waals surface area contributed by atoms with E-state index in [1.165, 1.54) is 11.3 Å². The number of aromatic nitrogens is 2. The van der Waals surface area contributed by atoms with Gasteiger partial charge in [-0.05, 0) is 48.9 Å². The summed E-state index contributed by atoms with van der Waals surface area (Å²) in [5.41, 5.74) is 2.99. The summed E-state index contributed by atoms with van der Waals surface area (Å²) >= 11 is 1.33. The van der Waals surface area contributed by atoms with Gasteiger partial charge in [-0.1, -0.05) is 35.0 Å². The molecule has 0 aliphatic carbocycles. The Balaban J connectivity index is 1.44. The van der Waals surface area contributed by atoms with Gasteiger partial charge in [0.1, 0.15) is 5.75 Å². The minimum Gasteiger partial charge on any atom is -0.497 e. The van der Waals surface area contributed by atoms with Gasteiger partial charge in [-0.15, -0.1) is 11.3 Å². The second-order valence-corrected chi connectivity index (χ2v) is 7.57. The Kier molecular flexibility index (Phi) is 5.39. The van der Waals surface area contributed by atoms with E-state index in [1.54, 1.807) is 13.2 Å². The third-order valence-corrected chi connectivity index (χ3v) is 5.44. The molecule has 0 saturated carbocycles. The molecule has 6 nitrogen and oxygen atoms in total. The minimum atomic E-state index is -0.147. The van der Waals surface area contributed by atoms with Crippen LogP contribution in [0, 0.1) is 6.92 Å². The van der Waals surface area contributed by atoms with Crippen LogP contribution in [0.5, 0.6) is 5.75 Å². The van der Waals surface area contributed by atoms with E-state index in [1.807, 2.05) is 61.5 Å². The molecule has 2 aromatic heterocycles. The maximum atomic E-state index is 12.5. The molecule has 0 aliphatic rings. The summed E-state index contributed by atoms with van der Waals surface area (Å²) in [6.07, 6.45) is 0. The monoisotopic (exact) mass is 405 g/mol. The van der Waals surface area contributed by atoms with E-state index < -0.39 is 0 Å². The quantitative estimate of drug-likeness (QED) is 0.503. The van der Waals surface area contributed by atoms with Gasteiger partial charge in [0.05, 0.1) is 16.9 Å². The number of rotatable bonds is 6. The van der Waals surface area contributed by atoms with Gasteiger partial charge < -0.3 is 14.6 Å². The van der Waals surface area contributed by atoms with Crippen LogP contribution in [0.4, 0.5) is 0 Å². The third-order valence-electron chi connectivity index (χ3n) is 4.36. The Labute approximate surface area is 172 Å². The molecule has 2 heterocycles. The maximum Gasteiger partial charge on any atom is 0.261 e. The number of benzene rings is 2. The fraction of sp³-hybridized carbons (Fsp3) is 0.136. The van der Waals surface area contributed by atoms with Crippen molar-refractivity contribution < 1.29 is 14.1 Å². The minimum absolute atomic E-state index is 0.147. The molecular formula is C22H19N3O3S. The number of nitrogens with one attached hydrogen (secondary N) is 1. The maximum absolute atomic E-state index is 12.5. The average Bonchev–Trinajstić information content (AvgIpc) is 3.42. The molecule has 0 spiro atoms. The SMILES string of the molecule is COc1cccc(CNC(=O)c2ccc(-c3noc(-c4ccc(C)cc4)n3)s2)c1. The van der Waals surface area contributed by atoms with Crippen LogP contribution < -0.4 is 10.1 Å². The molecule has 0 aliphatic heterocycles. The molecule has 1 amide bonds. The van der Waals surface area contributed by atoms with E-state index in [0.717, 1.165) is 27.3 Å². The predicted octanol–water partition coefficient (Wildman–Crippen LogP) is 4.71. The van der Waals surface area contributed by atoms with Gasteiger partial charge in [0.25, 0.3) is 11.8 Å². The number of thiophene rings is 1. The van der Waals surface area contributed by atoms with Crippen molar-refractivity contribution in [3.63, 3.8) is 0 Å². The Morgan fingerprint density at radius 3 is 2.76 bits per heavy atom. The molecule has 4 rings (SSSR count). The van der Waals surface area contributed by atoms with Gasteiger partial charge in [-0.2, -0.15) is 4.98 Å². The van der Waals surface area contributed by atoms with Crippen molar-refractivity contribution in [3.05, 3.63) is 76.7 Å². The fourth-order valence-corrected chi connectivity index (χ4v) is 3.62. The molecule has 4 aromatic rings. The van der Waals surface area contributed by atoms with E-state index >= 15 is 0 Å². The summed E-state index contributed by atoms with van der Waals surface area (Å²) in [5, 5.41) is 6.97. The van der Waals surface area contributed by atoms with Crippen LogP contribution in [-0.2, 0) is 6.54 Å². The first-order chi connectivity index (χ1) is 14.1. The lowest BCUT2D eigenvalue weighted by Gasteiger charge is -2.05. The summed E-state index contributed by atoms with van der Waals surface area (Å²) < 4.78 is 10.6. The largest absolute Gasteiger partial charge is 0.497 e. The molecule has 0 unspecified atom stereocenters. The summed E-state index contributed by atoms with van der Waals surface area (Å²) in [6.45, 7) is 2.44. The zero-order valence-corrected chi connectivity index (χ0v) is 16.8. The Morgan fingerprint density at radius 2 is 1.97 bits per heavy atom. The van der Waals surface area contributed by atoms with Crippen LogP contribution >= 0.6 is 11.3 Å². The van der Waals surface area contributed by atoms with Gasteiger partial charge in [-0.3, -0.25) is 4.79 Å². The highest BCUT2D eigenvalue weighted by molar-refractivity contribution is 7.17. The third kappa shape index (κ3) is 4.35. The number of amides is 1. The number of methoxy groups -OCH3 is 1. The first kappa shape index (κ1) is 18.9. The summed E-state index contributed by atoms with van der Waals surface area (Å²) in [5.74, 6) is 1.54. The Hall–Kier alpha value is -3.45. The zero-order chi connectivity index (χ0) is 20.2.